The number of hydrogen-bond donors (Lipinski definition) is 2. The molecule has 0 unspecified atom stereocenters. The SMILES string of the molecule is COc1ccc(NC(=O)c2cnn(C)c2N)cc1Cl. The first-order valence-corrected chi connectivity index (χ1v) is 5.83. The molecule has 0 bridgehead atoms. The predicted octanol–water partition coefficient (Wildman–Crippen LogP) is 1.92. The topological polar surface area (TPSA) is 82.2 Å². The lowest BCUT2D eigenvalue weighted by Gasteiger charge is -2.07. The molecule has 1 heterocycles. The van der Waals surface area contributed by atoms with Crippen molar-refractivity contribution in [3.8, 4) is 5.75 Å². The zero-order valence-electron chi connectivity index (χ0n) is 10.5. The van der Waals surface area contributed by atoms with Gasteiger partial charge in [0.05, 0.1) is 18.3 Å². The number of anilines is 2. The lowest BCUT2D eigenvalue weighted by Crippen LogP contribution is -2.13. The van der Waals surface area contributed by atoms with Gasteiger partial charge in [0.25, 0.3) is 5.91 Å². The third kappa shape index (κ3) is 2.63. The average molecular weight is 281 g/mol. The standard InChI is InChI=1S/C12H13ClN4O2/c1-17-11(14)8(6-15-17)12(18)16-7-3-4-10(19-2)9(13)5-7/h3-6H,14H2,1-2H3,(H,16,18). The van der Waals surface area contributed by atoms with Crippen molar-refractivity contribution in [2.45, 2.75) is 0 Å². The van der Waals surface area contributed by atoms with Gasteiger partial charge in [0, 0.05) is 12.7 Å². The van der Waals surface area contributed by atoms with Gasteiger partial charge in [-0.05, 0) is 18.2 Å². The number of ether oxygens (including phenoxy) is 1. The lowest BCUT2D eigenvalue weighted by atomic mass is 10.2. The number of hydrogen-bond acceptors (Lipinski definition) is 4. The molecular weight excluding hydrogens is 268 g/mol. The first-order chi connectivity index (χ1) is 9.02. The van der Waals surface area contributed by atoms with E-state index in [2.05, 4.69) is 10.4 Å². The van der Waals surface area contributed by atoms with E-state index in [4.69, 9.17) is 22.1 Å². The Bertz CT molecular complexity index is 624. The molecule has 0 aliphatic rings. The third-order valence-electron chi connectivity index (χ3n) is 2.64. The molecule has 19 heavy (non-hydrogen) atoms. The van der Waals surface area contributed by atoms with E-state index in [9.17, 15) is 4.79 Å². The minimum Gasteiger partial charge on any atom is -0.495 e. The maximum Gasteiger partial charge on any atom is 0.261 e. The van der Waals surface area contributed by atoms with E-state index in [1.807, 2.05) is 0 Å². The van der Waals surface area contributed by atoms with Gasteiger partial charge in [0.2, 0.25) is 0 Å². The maximum absolute atomic E-state index is 12.0. The number of aryl methyl sites for hydroxylation is 1. The van der Waals surface area contributed by atoms with Gasteiger partial charge >= 0.3 is 0 Å². The summed E-state index contributed by atoms with van der Waals surface area (Å²) in [5.74, 6) is 0.504. The van der Waals surface area contributed by atoms with E-state index in [0.29, 0.717) is 27.8 Å². The van der Waals surface area contributed by atoms with Crippen LogP contribution >= 0.6 is 11.6 Å². The summed E-state index contributed by atoms with van der Waals surface area (Å²) < 4.78 is 6.46. The van der Waals surface area contributed by atoms with Crippen molar-refractivity contribution < 1.29 is 9.53 Å². The molecule has 0 radical (unpaired) electrons. The van der Waals surface area contributed by atoms with Crippen LogP contribution in [0.15, 0.2) is 24.4 Å². The molecule has 7 heteroatoms. The zero-order chi connectivity index (χ0) is 14.0. The van der Waals surface area contributed by atoms with Crippen molar-refractivity contribution in [2.75, 3.05) is 18.2 Å². The normalized spacial score (nSPS) is 10.3. The number of carbonyl (C=O) groups is 1. The molecule has 0 saturated heterocycles. The highest BCUT2D eigenvalue weighted by Gasteiger charge is 2.14. The second-order valence-corrected chi connectivity index (χ2v) is 4.28. The molecule has 6 nitrogen and oxygen atoms in total. The Balaban J connectivity index is 2.19. The number of nitrogens with one attached hydrogen (secondary N) is 1. The number of nitrogens with two attached hydrogens (primary N) is 1. The number of amides is 1. The summed E-state index contributed by atoms with van der Waals surface area (Å²) >= 11 is 5.98. The molecule has 1 amide bonds. The van der Waals surface area contributed by atoms with Crippen molar-refractivity contribution in [3.63, 3.8) is 0 Å². The summed E-state index contributed by atoms with van der Waals surface area (Å²) in [6.07, 6.45) is 1.41. The molecule has 2 rings (SSSR count). The number of carbonyl (C=O) groups excluding carboxylic acids is 1. The molecule has 0 spiro atoms. The molecule has 0 aliphatic heterocycles. The Labute approximate surface area is 115 Å². The van der Waals surface area contributed by atoms with Gasteiger partial charge in [-0.2, -0.15) is 5.10 Å². The van der Waals surface area contributed by atoms with Gasteiger partial charge in [0.1, 0.15) is 17.1 Å². The van der Waals surface area contributed by atoms with Gasteiger partial charge in [-0.3, -0.25) is 9.48 Å². The first kappa shape index (κ1) is 13.2. The minimum absolute atomic E-state index is 0.303. The van der Waals surface area contributed by atoms with Crippen LogP contribution in [0.4, 0.5) is 11.5 Å². The summed E-state index contributed by atoms with van der Waals surface area (Å²) in [6.45, 7) is 0. The van der Waals surface area contributed by atoms with Crippen LogP contribution in [0.5, 0.6) is 5.75 Å². The monoisotopic (exact) mass is 280 g/mol. The van der Waals surface area contributed by atoms with Crippen molar-refractivity contribution in [1.29, 1.82) is 0 Å². The van der Waals surface area contributed by atoms with Gasteiger partial charge in [-0.25, -0.2) is 0 Å². The van der Waals surface area contributed by atoms with E-state index in [0.717, 1.165) is 0 Å². The summed E-state index contributed by atoms with van der Waals surface area (Å²) in [7, 11) is 3.19. The number of rotatable bonds is 3. The van der Waals surface area contributed by atoms with Crippen LogP contribution in [0.3, 0.4) is 0 Å². The number of nitrogens with zero attached hydrogens (tertiary/aromatic N) is 2. The molecule has 1 aromatic heterocycles. The lowest BCUT2D eigenvalue weighted by molar-refractivity contribution is 0.102. The molecule has 3 N–H and O–H groups in total. The molecule has 0 aliphatic carbocycles. The summed E-state index contributed by atoms with van der Waals surface area (Å²) in [6, 6.07) is 4.96. The van der Waals surface area contributed by atoms with E-state index in [-0.39, 0.29) is 5.91 Å². The molecular formula is C12H13ClN4O2. The summed E-state index contributed by atoms with van der Waals surface area (Å²) in [5, 5.41) is 7.02. The number of methoxy groups -OCH3 is 1. The van der Waals surface area contributed by atoms with Gasteiger partial charge < -0.3 is 15.8 Å². The predicted molar refractivity (Wildman–Crippen MR) is 73.6 cm³/mol. The number of benzene rings is 1. The fourth-order valence-corrected chi connectivity index (χ4v) is 1.82. The van der Waals surface area contributed by atoms with Crippen LogP contribution in [0.2, 0.25) is 5.02 Å². The van der Waals surface area contributed by atoms with Crippen LogP contribution in [0.1, 0.15) is 10.4 Å². The quantitative estimate of drug-likeness (QED) is 0.900. The Morgan fingerprint density at radius 3 is 2.79 bits per heavy atom. The minimum atomic E-state index is -0.341. The molecule has 0 saturated carbocycles. The highest BCUT2D eigenvalue weighted by atomic mass is 35.5. The second kappa shape index (κ2) is 5.19. The van der Waals surface area contributed by atoms with Crippen LogP contribution in [0.25, 0.3) is 0 Å². The number of aromatic nitrogens is 2. The van der Waals surface area contributed by atoms with E-state index < -0.39 is 0 Å². The van der Waals surface area contributed by atoms with Gasteiger partial charge in [0.15, 0.2) is 0 Å². The van der Waals surface area contributed by atoms with Crippen LogP contribution in [0, 0.1) is 0 Å². The largest absolute Gasteiger partial charge is 0.495 e. The summed E-state index contributed by atoms with van der Waals surface area (Å²) in [5.41, 5.74) is 6.60. The van der Waals surface area contributed by atoms with Gasteiger partial charge in [-0.1, -0.05) is 11.6 Å². The van der Waals surface area contributed by atoms with Gasteiger partial charge in [-0.15, -0.1) is 0 Å². The fourth-order valence-electron chi connectivity index (χ4n) is 1.56. The second-order valence-electron chi connectivity index (χ2n) is 3.87. The Kier molecular flexibility index (Phi) is 3.62. The van der Waals surface area contributed by atoms with Crippen molar-refractivity contribution in [2.24, 2.45) is 7.05 Å². The Morgan fingerprint density at radius 1 is 1.53 bits per heavy atom. The van der Waals surface area contributed by atoms with E-state index in [1.54, 1.807) is 25.2 Å². The maximum atomic E-state index is 12.0. The highest BCUT2D eigenvalue weighted by Crippen LogP contribution is 2.27. The molecule has 0 atom stereocenters. The fraction of sp³-hybridized carbons (Fsp3) is 0.167. The van der Waals surface area contributed by atoms with Crippen LogP contribution in [-0.4, -0.2) is 22.8 Å². The number of halogens is 1. The van der Waals surface area contributed by atoms with Crippen molar-refractivity contribution >= 4 is 29.0 Å². The molecule has 0 fully saturated rings. The third-order valence-corrected chi connectivity index (χ3v) is 2.93. The molecule has 1 aromatic carbocycles. The van der Waals surface area contributed by atoms with E-state index in [1.165, 1.54) is 18.0 Å². The van der Waals surface area contributed by atoms with Crippen LogP contribution in [-0.2, 0) is 7.05 Å². The zero-order valence-corrected chi connectivity index (χ0v) is 11.2. The summed E-state index contributed by atoms with van der Waals surface area (Å²) in [4.78, 5) is 12.0. The Morgan fingerprint density at radius 2 is 2.26 bits per heavy atom. The average Bonchev–Trinajstić information content (AvgIpc) is 2.70. The Hall–Kier alpha value is -2.21. The first-order valence-electron chi connectivity index (χ1n) is 5.45. The molecule has 2 aromatic rings. The number of nitrogen functional groups attached to an aromatic ring is 1. The molecule has 100 valence electrons. The van der Waals surface area contributed by atoms with Crippen LogP contribution < -0.4 is 15.8 Å². The highest BCUT2D eigenvalue weighted by molar-refractivity contribution is 6.32. The van der Waals surface area contributed by atoms with Crippen molar-refractivity contribution in [1.82, 2.24) is 9.78 Å². The van der Waals surface area contributed by atoms with E-state index >= 15 is 0 Å². The smallest absolute Gasteiger partial charge is 0.261 e. The van der Waals surface area contributed by atoms with Crippen molar-refractivity contribution in [3.05, 3.63) is 35.0 Å².